The molecule has 0 fully saturated rings. The van der Waals surface area contributed by atoms with Gasteiger partial charge in [-0.3, -0.25) is 0 Å². The number of nitrogens with zero attached hydrogens (tertiary/aromatic N) is 4. The largest absolute Gasteiger partial charge is 0.344 e. The minimum absolute atomic E-state index is 0.159. The van der Waals surface area contributed by atoms with Crippen molar-refractivity contribution in [2.75, 3.05) is 11.9 Å². The minimum Gasteiger partial charge on any atom is -0.344 e. The molecule has 0 bridgehead atoms. The van der Waals surface area contributed by atoms with E-state index >= 15 is 0 Å². The molecule has 3 aromatic rings. The van der Waals surface area contributed by atoms with Crippen LogP contribution >= 0.6 is 15.9 Å². The molecule has 0 saturated heterocycles. The molecule has 0 aliphatic rings. The smallest absolute Gasteiger partial charge is 0.129 e. The maximum Gasteiger partial charge on any atom is 0.129 e. The van der Waals surface area contributed by atoms with E-state index in [-0.39, 0.29) is 5.41 Å². The first-order valence-electron chi connectivity index (χ1n) is 7.67. The van der Waals surface area contributed by atoms with Gasteiger partial charge in [0.2, 0.25) is 0 Å². The van der Waals surface area contributed by atoms with E-state index in [1.807, 2.05) is 22.9 Å². The van der Waals surface area contributed by atoms with Gasteiger partial charge in [-0.1, -0.05) is 44.2 Å². The van der Waals surface area contributed by atoms with E-state index in [9.17, 15) is 0 Å². The molecule has 0 radical (unpaired) electrons. The average molecular weight is 373 g/mol. The molecule has 5 heteroatoms. The van der Waals surface area contributed by atoms with Crippen molar-refractivity contribution < 1.29 is 0 Å². The summed E-state index contributed by atoms with van der Waals surface area (Å²) in [6.07, 6.45) is 0. The molecule has 0 spiro atoms. The van der Waals surface area contributed by atoms with E-state index in [0.29, 0.717) is 0 Å². The molecule has 1 heterocycles. The lowest BCUT2D eigenvalue weighted by Crippen LogP contribution is -2.16. The summed E-state index contributed by atoms with van der Waals surface area (Å²) >= 11 is 3.72. The van der Waals surface area contributed by atoms with Gasteiger partial charge in [0.05, 0.1) is 15.7 Å². The molecule has 23 heavy (non-hydrogen) atoms. The SMILES string of the molecule is CN(c1ccccc1)c1ccc2c(nnn2CC(C)(C)C)c1Br. The van der Waals surface area contributed by atoms with Gasteiger partial charge in [0.1, 0.15) is 5.52 Å². The van der Waals surface area contributed by atoms with Crippen LogP contribution in [0.15, 0.2) is 46.9 Å². The number of halogens is 1. The van der Waals surface area contributed by atoms with Crippen molar-refractivity contribution in [3.05, 3.63) is 46.9 Å². The summed E-state index contributed by atoms with van der Waals surface area (Å²) in [4.78, 5) is 2.15. The van der Waals surface area contributed by atoms with Gasteiger partial charge in [-0.05, 0) is 45.6 Å². The average Bonchev–Trinajstić information content (AvgIpc) is 2.90. The third kappa shape index (κ3) is 3.24. The molecule has 1 aromatic heterocycles. The molecule has 3 rings (SSSR count). The first-order valence-corrected chi connectivity index (χ1v) is 8.46. The van der Waals surface area contributed by atoms with E-state index in [2.05, 4.69) is 83.2 Å². The fraction of sp³-hybridized carbons (Fsp3) is 0.333. The Morgan fingerprint density at radius 3 is 2.43 bits per heavy atom. The first-order chi connectivity index (χ1) is 10.9. The zero-order chi connectivity index (χ0) is 16.6. The van der Waals surface area contributed by atoms with Gasteiger partial charge >= 0.3 is 0 Å². The number of benzene rings is 2. The number of aromatic nitrogens is 3. The van der Waals surface area contributed by atoms with Crippen molar-refractivity contribution in [3.63, 3.8) is 0 Å². The molecule has 120 valence electrons. The van der Waals surface area contributed by atoms with Crippen LogP contribution in [0.2, 0.25) is 0 Å². The van der Waals surface area contributed by atoms with E-state index in [1.54, 1.807) is 0 Å². The highest BCUT2D eigenvalue weighted by molar-refractivity contribution is 9.10. The second-order valence-electron chi connectivity index (χ2n) is 6.97. The highest BCUT2D eigenvalue weighted by Gasteiger charge is 2.18. The monoisotopic (exact) mass is 372 g/mol. The zero-order valence-corrected chi connectivity index (χ0v) is 15.5. The molecule has 0 atom stereocenters. The molecule has 0 amide bonds. The Bertz CT molecular complexity index is 818. The van der Waals surface area contributed by atoms with Gasteiger partial charge < -0.3 is 4.90 Å². The van der Waals surface area contributed by atoms with Crippen molar-refractivity contribution in [2.45, 2.75) is 27.3 Å². The summed E-state index contributed by atoms with van der Waals surface area (Å²) in [5.74, 6) is 0. The predicted octanol–water partition coefficient (Wildman–Crippen LogP) is 5.01. The van der Waals surface area contributed by atoms with E-state index in [0.717, 1.165) is 33.4 Å². The molecular formula is C18H21BrN4. The van der Waals surface area contributed by atoms with Crippen molar-refractivity contribution in [3.8, 4) is 0 Å². The second kappa shape index (κ2) is 5.96. The molecule has 0 aliphatic carbocycles. The molecule has 4 nitrogen and oxygen atoms in total. The van der Waals surface area contributed by atoms with Crippen LogP contribution in [-0.2, 0) is 6.54 Å². The summed E-state index contributed by atoms with van der Waals surface area (Å²) < 4.78 is 2.95. The van der Waals surface area contributed by atoms with Crippen LogP contribution in [0.1, 0.15) is 20.8 Å². The Balaban J connectivity index is 2.03. The maximum atomic E-state index is 4.38. The highest BCUT2D eigenvalue weighted by atomic mass is 79.9. The van der Waals surface area contributed by atoms with Gasteiger partial charge in [0.25, 0.3) is 0 Å². The Kier molecular flexibility index (Phi) is 4.15. The number of fused-ring (bicyclic) bond motifs is 1. The summed E-state index contributed by atoms with van der Waals surface area (Å²) in [7, 11) is 2.06. The normalized spacial score (nSPS) is 11.9. The summed E-state index contributed by atoms with van der Waals surface area (Å²) in [5.41, 5.74) is 4.32. The van der Waals surface area contributed by atoms with E-state index < -0.39 is 0 Å². The Morgan fingerprint density at radius 2 is 1.78 bits per heavy atom. The Hall–Kier alpha value is -1.88. The summed E-state index contributed by atoms with van der Waals surface area (Å²) in [5, 5.41) is 8.71. The topological polar surface area (TPSA) is 34.0 Å². The number of hydrogen-bond acceptors (Lipinski definition) is 3. The van der Waals surface area contributed by atoms with Crippen LogP contribution < -0.4 is 4.90 Å². The standard InChI is InChI=1S/C18H21BrN4/c1-18(2,3)12-23-15-11-10-14(16(19)17(15)20-21-23)22(4)13-8-6-5-7-9-13/h5-11H,12H2,1-4H3. The summed E-state index contributed by atoms with van der Waals surface area (Å²) in [6, 6.07) is 14.5. The molecule has 0 saturated carbocycles. The third-order valence-electron chi connectivity index (χ3n) is 3.73. The molecular weight excluding hydrogens is 352 g/mol. The van der Waals surface area contributed by atoms with Crippen LogP contribution in [0.25, 0.3) is 11.0 Å². The first kappa shape index (κ1) is 16.0. The van der Waals surface area contributed by atoms with Gasteiger partial charge in [0.15, 0.2) is 0 Å². The number of hydrogen-bond donors (Lipinski definition) is 0. The van der Waals surface area contributed by atoms with Crippen LogP contribution in [-0.4, -0.2) is 22.0 Å². The zero-order valence-electron chi connectivity index (χ0n) is 13.9. The van der Waals surface area contributed by atoms with Crippen molar-refractivity contribution in [1.29, 1.82) is 0 Å². The van der Waals surface area contributed by atoms with Crippen LogP contribution in [0.4, 0.5) is 11.4 Å². The van der Waals surface area contributed by atoms with Crippen molar-refractivity contribution in [1.82, 2.24) is 15.0 Å². The summed E-state index contributed by atoms with van der Waals surface area (Å²) in [6.45, 7) is 7.44. The number of anilines is 2. The van der Waals surface area contributed by atoms with Crippen LogP contribution in [0.5, 0.6) is 0 Å². The Labute approximate surface area is 145 Å². The fourth-order valence-corrected chi connectivity index (χ4v) is 3.29. The number of para-hydroxylation sites is 1. The predicted molar refractivity (Wildman–Crippen MR) is 99.2 cm³/mol. The number of rotatable bonds is 3. The highest BCUT2D eigenvalue weighted by Crippen LogP contribution is 2.35. The van der Waals surface area contributed by atoms with Crippen molar-refractivity contribution >= 4 is 38.3 Å². The quantitative estimate of drug-likeness (QED) is 0.647. The third-order valence-corrected chi connectivity index (χ3v) is 4.52. The van der Waals surface area contributed by atoms with Gasteiger partial charge in [-0.15, -0.1) is 5.10 Å². The molecule has 0 N–H and O–H groups in total. The van der Waals surface area contributed by atoms with Gasteiger partial charge in [0, 0.05) is 19.3 Å². The fourth-order valence-electron chi connectivity index (χ4n) is 2.61. The molecule has 0 aliphatic heterocycles. The second-order valence-corrected chi connectivity index (χ2v) is 7.76. The lowest BCUT2D eigenvalue weighted by molar-refractivity contribution is 0.327. The van der Waals surface area contributed by atoms with Crippen molar-refractivity contribution in [2.24, 2.45) is 5.41 Å². The van der Waals surface area contributed by atoms with E-state index in [4.69, 9.17) is 0 Å². The van der Waals surface area contributed by atoms with Crippen LogP contribution in [0, 0.1) is 5.41 Å². The molecule has 0 unspecified atom stereocenters. The lowest BCUT2D eigenvalue weighted by Gasteiger charge is -2.21. The van der Waals surface area contributed by atoms with Gasteiger partial charge in [-0.2, -0.15) is 0 Å². The maximum absolute atomic E-state index is 4.38. The van der Waals surface area contributed by atoms with E-state index in [1.165, 1.54) is 0 Å². The minimum atomic E-state index is 0.159. The Morgan fingerprint density at radius 1 is 1.09 bits per heavy atom. The lowest BCUT2D eigenvalue weighted by atomic mass is 9.97. The van der Waals surface area contributed by atoms with Gasteiger partial charge in [-0.25, -0.2) is 4.68 Å². The van der Waals surface area contributed by atoms with Crippen LogP contribution in [0.3, 0.4) is 0 Å². The molecule has 2 aromatic carbocycles.